The van der Waals surface area contributed by atoms with Crippen LogP contribution in [0.1, 0.15) is 40.2 Å². The highest BCUT2D eigenvalue weighted by atomic mass is 32.2. The Balaban J connectivity index is 3.00. The van der Waals surface area contributed by atoms with Gasteiger partial charge in [0.2, 0.25) is 15.9 Å². The second kappa shape index (κ2) is 6.79. The Morgan fingerprint density at radius 3 is 2.00 bits per heavy atom. The summed E-state index contributed by atoms with van der Waals surface area (Å²) in [4.78, 5) is 12.5. The van der Waals surface area contributed by atoms with E-state index < -0.39 is 21.6 Å². The second-order valence-corrected chi connectivity index (χ2v) is 8.61. The van der Waals surface area contributed by atoms with Gasteiger partial charge in [-0.3, -0.25) is 4.79 Å². The van der Waals surface area contributed by atoms with E-state index in [0.29, 0.717) is 0 Å². The first kappa shape index (κ1) is 18.6. The highest BCUT2D eigenvalue weighted by Gasteiger charge is 2.30. The first-order chi connectivity index (χ1) is 9.92. The van der Waals surface area contributed by atoms with Gasteiger partial charge < -0.3 is 5.32 Å². The molecule has 0 aliphatic rings. The number of carbonyl (C=O) groups is 1. The van der Waals surface area contributed by atoms with E-state index in [1.54, 1.807) is 12.1 Å². The first-order valence-electron chi connectivity index (χ1n) is 7.33. The lowest BCUT2D eigenvalue weighted by Crippen LogP contribution is -2.54. The molecule has 22 heavy (non-hydrogen) atoms. The number of hydrogen-bond donors (Lipinski definition) is 2. The maximum Gasteiger partial charge on any atom is 0.241 e. The predicted octanol–water partition coefficient (Wildman–Crippen LogP) is 2.21. The minimum Gasteiger partial charge on any atom is -0.350 e. The van der Waals surface area contributed by atoms with Gasteiger partial charge in [-0.15, -0.1) is 0 Å². The number of hydrogen-bond acceptors (Lipinski definition) is 3. The van der Waals surface area contributed by atoms with E-state index in [2.05, 4.69) is 10.0 Å². The summed E-state index contributed by atoms with van der Waals surface area (Å²) < 4.78 is 27.4. The monoisotopic (exact) mass is 326 g/mol. The fourth-order valence-corrected chi connectivity index (χ4v) is 3.24. The molecule has 0 saturated carbocycles. The third-order valence-corrected chi connectivity index (χ3v) is 4.52. The molecule has 5 nitrogen and oxygen atoms in total. The van der Waals surface area contributed by atoms with Crippen molar-refractivity contribution in [2.75, 3.05) is 0 Å². The summed E-state index contributed by atoms with van der Waals surface area (Å²) in [5.74, 6) is -0.485. The van der Waals surface area contributed by atoms with Crippen LogP contribution >= 0.6 is 0 Å². The molecule has 0 radical (unpaired) electrons. The summed E-state index contributed by atoms with van der Waals surface area (Å²) >= 11 is 0. The van der Waals surface area contributed by atoms with Crippen LogP contribution in [0.4, 0.5) is 0 Å². The Kier molecular flexibility index (Phi) is 5.76. The van der Waals surface area contributed by atoms with Crippen LogP contribution in [-0.2, 0) is 14.8 Å². The second-order valence-electron chi connectivity index (χ2n) is 6.90. The molecule has 0 spiro atoms. The molecule has 1 aromatic rings. The molecule has 0 unspecified atom stereocenters. The first-order valence-corrected chi connectivity index (χ1v) is 8.82. The maximum atomic E-state index is 12.4. The van der Waals surface area contributed by atoms with Crippen molar-refractivity contribution in [2.24, 2.45) is 5.92 Å². The van der Waals surface area contributed by atoms with Crippen molar-refractivity contribution < 1.29 is 13.2 Å². The molecule has 0 fully saturated rings. The molecule has 0 saturated heterocycles. The Morgan fingerprint density at radius 1 is 1.09 bits per heavy atom. The molecule has 124 valence electrons. The summed E-state index contributed by atoms with van der Waals surface area (Å²) in [5.41, 5.74) is 0.560. The predicted molar refractivity (Wildman–Crippen MR) is 88.0 cm³/mol. The van der Waals surface area contributed by atoms with Gasteiger partial charge in [-0.05, 0) is 45.7 Å². The van der Waals surface area contributed by atoms with Gasteiger partial charge in [0.05, 0.1) is 4.90 Å². The Hall–Kier alpha value is -1.40. The molecule has 1 amide bonds. The van der Waals surface area contributed by atoms with Crippen LogP contribution in [0.3, 0.4) is 0 Å². The minimum absolute atomic E-state index is 0.160. The minimum atomic E-state index is -3.73. The largest absolute Gasteiger partial charge is 0.350 e. The van der Waals surface area contributed by atoms with Gasteiger partial charge in [0, 0.05) is 5.54 Å². The molecule has 1 rings (SSSR count). The van der Waals surface area contributed by atoms with Crippen LogP contribution in [0, 0.1) is 12.8 Å². The fraction of sp³-hybridized carbons (Fsp3) is 0.562. The van der Waals surface area contributed by atoms with Crippen molar-refractivity contribution in [2.45, 2.75) is 58.0 Å². The van der Waals surface area contributed by atoms with E-state index in [1.807, 2.05) is 41.5 Å². The number of benzene rings is 1. The van der Waals surface area contributed by atoms with Crippen LogP contribution < -0.4 is 10.0 Å². The Bertz CT molecular complexity index is 614. The molecule has 0 aromatic heterocycles. The molecule has 0 aliphatic carbocycles. The smallest absolute Gasteiger partial charge is 0.241 e. The van der Waals surface area contributed by atoms with Gasteiger partial charge in [-0.25, -0.2) is 8.42 Å². The zero-order valence-electron chi connectivity index (χ0n) is 14.1. The molecule has 0 bridgehead atoms. The SMILES string of the molecule is Cc1ccc(S(=O)(=O)N[C@@H](C(=O)NC(C)(C)C)C(C)C)cc1. The van der Waals surface area contributed by atoms with Crippen LogP contribution in [-0.4, -0.2) is 25.9 Å². The van der Waals surface area contributed by atoms with Crippen LogP contribution in [0.15, 0.2) is 29.2 Å². The van der Waals surface area contributed by atoms with Crippen molar-refractivity contribution in [3.63, 3.8) is 0 Å². The molecule has 6 heteroatoms. The lowest BCUT2D eigenvalue weighted by Gasteiger charge is -2.27. The molecule has 1 atom stereocenters. The maximum absolute atomic E-state index is 12.4. The lowest BCUT2D eigenvalue weighted by atomic mass is 10.0. The van der Waals surface area contributed by atoms with Crippen molar-refractivity contribution >= 4 is 15.9 Å². The van der Waals surface area contributed by atoms with E-state index in [1.165, 1.54) is 12.1 Å². The number of rotatable bonds is 5. The summed E-state index contributed by atoms with van der Waals surface area (Å²) in [5, 5.41) is 2.82. The molecule has 0 heterocycles. The van der Waals surface area contributed by atoms with Gasteiger partial charge in [0.1, 0.15) is 6.04 Å². The average molecular weight is 326 g/mol. The molecule has 0 aliphatic heterocycles. The van der Waals surface area contributed by atoms with E-state index in [-0.39, 0.29) is 16.7 Å². The van der Waals surface area contributed by atoms with E-state index >= 15 is 0 Å². The van der Waals surface area contributed by atoms with E-state index in [4.69, 9.17) is 0 Å². The van der Waals surface area contributed by atoms with Gasteiger partial charge in [0.15, 0.2) is 0 Å². The van der Waals surface area contributed by atoms with Crippen LogP contribution in [0.25, 0.3) is 0 Å². The molecular weight excluding hydrogens is 300 g/mol. The number of sulfonamides is 1. The van der Waals surface area contributed by atoms with Crippen molar-refractivity contribution in [3.8, 4) is 0 Å². The zero-order valence-corrected chi connectivity index (χ0v) is 14.9. The van der Waals surface area contributed by atoms with Crippen LogP contribution in [0.5, 0.6) is 0 Å². The quantitative estimate of drug-likeness (QED) is 0.871. The highest BCUT2D eigenvalue weighted by Crippen LogP contribution is 2.13. The van der Waals surface area contributed by atoms with Crippen molar-refractivity contribution in [1.82, 2.24) is 10.0 Å². The number of aryl methyl sites for hydroxylation is 1. The summed E-state index contributed by atoms with van der Waals surface area (Å²) in [6, 6.07) is 5.72. The average Bonchev–Trinajstić information content (AvgIpc) is 2.34. The number of nitrogens with one attached hydrogen (secondary N) is 2. The third-order valence-electron chi connectivity index (χ3n) is 3.06. The van der Waals surface area contributed by atoms with Crippen molar-refractivity contribution in [1.29, 1.82) is 0 Å². The standard InChI is InChI=1S/C16H26N2O3S/c1-11(2)14(15(19)17-16(4,5)6)18-22(20,21)13-9-7-12(3)8-10-13/h7-11,14,18H,1-6H3,(H,17,19)/t14-/m1/s1. The normalized spacial score (nSPS) is 14.0. The van der Waals surface area contributed by atoms with E-state index in [0.717, 1.165) is 5.56 Å². The summed E-state index contributed by atoms with van der Waals surface area (Å²) in [6.45, 7) is 11.1. The van der Waals surface area contributed by atoms with E-state index in [9.17, 15) is 13.2 Å². The summed E-state index contributed by atoms with van der Waals surface area (Å²) in [7, 11) is -3.73. The number of amides is 1. The van der Waals surface area contributed by atoms with Gasteiger partial charge >= 0.3 is 0 Å². The Morgan fingerprint density at radius 2 is 1.59 bits per heavy atom. The van der Waals surface area contributed by atoms with Gasteiger partial charge in [-0.1, -0.05) is 31.5 Å². The van der Waals surface area contributed by atoms with Crippen LogP contribution in [0.2, 0.25) is 0 Å². The van der Waals surface area contributed by atoms with Crippen molar-refractivity contribution in [3.05, 3.63) is 29.8 Å². The molecule has 1 aromatic carbocycles. The lowest BCUT2D eigenvalue weighted by molar-refractivity contribution is -0.125. The van der Waals surface area contributed by atoms with Gasteiger partial charge in [-0.2, -0.15) is 4.72 Å². The fourth-order valence-electron chi connectivity index (χ4n) is 1.89. The summed E-state index contributed by atoms with van der Waals surface area (Å²) in [6.07, 6.45) is 0. The van der Waals surface area contributed by atoms with Gasteiger partial charge in [0.25, 0.3) is 0 Å². The zero-order chi connectivity index (χ0) is 17.1. The topological polar surface area (TPSA) is 75.3 Å². The number of carbonyl (C=O) groups excluding carboxylic acids is 1. The molecule has 2 N–H and O–H groups in total. The highest BCUT2D eigenvalue weighted by molar-refractivity contribution is 7.89. The third kappa shape index (κ3) is 5.42. The molecular formula is C16H26N2O3S. The Labute approximate surface area is 133 Å².